The number of benzene rings is 3. The third-order valence-electron chi connectivity index (χ3n) is 7.71. The summed E-state index contributed by atoms with van der Waals surface area (Å²) >= 11 is 0. The first-order valence-electron chi connectivity index (χ1n) is 10.7. The number of amides is 2. The van der Waals surface area contributed by atoms with Gasteiger partial charge < -0.3 is 0 Å². The summed E-state index contributed by atoms with van der Waals surface area (Å²) in [6.07, 6.45) is 0.787. The molecule has 3 aromatic carbocycles. The van der Waals surface area contributed by atoms with Crippen molar-refractivity contribution in [1.82, 2.24) is 0 Å². The minimum absolute atomic E-state index is 0.0462. The molecule has 0 saturated carbocycles. The van der Waals surface area contributed by atoms with E-state index in [1.165, 1.54) is 27.2 Å². The Labute approximate surface area is 176 Å². The van der Waals surface area contributed by atoms with Crippen LogP contribution >= 0.6 is 0 Å². The summed E-state index contributed by atoms with van der Waals surface area (Å²) in [7, 11) is 0. The summed E-state index contributed by atoms with van der Waals surface area (Å²) in [6.45, 7) is 4.12. The number of carbonyl (C=O) groups is 2. The van der Waals surface area contributed by atoms with Crippen molar-refractivity contribution < 1.29 is 9.59 Å². The third-order valence-corrected chi connectivity index (χ3v) is 7.71. The average molecular weight is 393 g/mol. The van der Waals surface area contributed by atoms with Gasteiger partial charge in [-0.25, -0.2) is 4.90 Å². The van der Waals surface area contributed by atoms with Crippen molar-refractivity contribution in [2.45, 2.75) is 31.6 Å². The zero-order valence-corrected chi connectivity index (χ0v) is 17.1. The fourth-order valence-corrected chi connectivity index (χ4v) is 6.58. The molecule has 2 bridgehead atoms. The Bertz CT molecular complexity index is 1180. The molecule has 1 saturated heterocycles. The number of aryl methyl sites for hydroxylation is 1. The van der Waals surface area contributed by atoms with Crippen LogP contribution in [0.4, 0.5) is 5.69 Å². The molecule has 2 amide bonds. The summed E-state index contributed by atoms with van der Waals surface area (Å²) in [5, 5.41) is 0. The lowest BCUT2D eigenvalue weighted by atomic mass is 9.46. The van der Waals surface area contributed by atoms with Crippen molar-refractivity contribution >= 4 is 17.5 Å². The fourth-order valence-electron chi connectivity index (χ4n) is 6.58. The first-order chi connectivity index (χ1) is 14.6. The van der Waals surface area contributed by atoms with E-state index in [2.05, 4.69) is 55.5 Å². The van der Waals surface area contributed by atoms with Crippen molar-refractivity contribution in [2.75, 3.05) is 4.90 Å². The van der Waals surface area contributed by atoms with Gasteiger partial charge >= 0.3 is 0 Å². The summed E-state index contributed by atoms with van der Waals surface area (Å²) in [5.74, 6) is -0.867. The largest absolute Gasteiger partial charge is 0.274 e. The molecule has 3 aliphatic carbocycles. The maximum atomic E-state index is 14.0. The van der Waals surface area contributed by atoms with E-state index in [0.717, 1.165) is 17.7 Å². The quantitative estimate of drug-likeness (QED) is 0.578. The number of hydrogen-bond acceptors (Lipinski definition) is 2. The van der Waals surface area contributed by atoms with E-state index in [9.17, 15) is 9.59 Å². The Balaban J connectivity index is 1.66. The highest BCUT2D eigenvalue weighted by Crippen LogP contribution is 2.65. The Hall–Kier alpha value is -3.20. The van der Waals surface area contributed by atoms with Gasteiger partial charge in [-0.2, -0.15) is 0 Å². The second-order valence-corrected chi connectivity index (χ2v) is 8.78. The predicted molar refractivity (Wildman–Crippen MR) is 116 cm³/mol. The molecule has 2 atom stereocenters. The van der Waals surface area contributed by atoms with Gasteiger partial charge in [0.15, 0.2) is 0 Å². The Kier molecular flexibility index (Phi) is 3.48. The van der Waals surface area contributed by atoms with Crippen LogP contribution in [0.25, 0.3) is 0 Å². The van der Waals surface area contributed by atoms with Gasteiger partial charge in [0.25, 0.3) is 0 Å². The molecule has 0 N–H and O–H groups in total. The van der Waals surface area contributed by atoms with Gasteiger partial charge in [0.1, 0.15) is 0 Å². The molecule has 3 heteroatoms. The lowest BCUT2D eigenvalue weighted by molar-refractivity contribution is -0.123. The standard InChI is InChI=1S/C27H23NO2/c1-3-27-19-13-7-5-11-17(19)22(18-12-6-8-14-20(18)27)23-24(27)26(30)28(25(23)29)21-15-9-4-10-16(21)2/h4-15,22-24H,3H2,1-2H3/t22?,23-,24+,27?/m0/s1. The number of hydrogen-bond donors (Lipinski definition) is 0. The van der Waals surface area contributed by atoms with Gasteiger partial charge in [-0.1, -0.05) is 73.7 Å². The van der Waals surface area contributed by atoms with Crippen LogP contribution in [0.1, 0.15) is 47.1 Å². The highest BCUT2D eigenvalue weighted by Gasteiger charge is 2.67. The van der Waals surface area contributed by atoms with Crippen LogP contribution in [0.2, 0.25) is 0 Å². The van der Waals surface area contributed by atoms with Crippen molar-refractivity contribution in [2.24, 2.45) is 11.8 Å². The zero-order chi connectivity index (χ0) is 20.6. The Morgan fingerprint density at radius 2 is 1.37 bits per heavy atom. The Morgan fingerprint density at radius 1 is 0.800 bits per heavy atom. The molecule has 1 fully saturated rings. The van der Waals surface area contributed by atoms with E-state index in [1.54, 1.807) is 0 Å². The van der Waals surface area contributed by atoms with E-state index in [0.29, 0.717) is 0 Å². The minimum Gasteiger partial charge on any atom is -0.274 e. The summed E-state index contributed by atoms with van der Waals surface area (Å²) in [6, 6.07) is 24.6. The van der Waals surface area contributed by atoms with E-state index in [1.807, 2.05) is 31.2 Å². The van der Waals surface area contributed by atoms with E-state index in [4.69, 9.17) is 0 Å². The molecule has 0 radical (unpaired) electrons. The lowest BCUT2D eigenvalue weighted by Crippen LogP contribution is -2.53. The summed E-state index contributed by atoms with van der Waals surface area (Å²) in [5.41, 5.74) is 6.10. The topological polar surface area (TPSA) is 37.4 Å². The number of carbonyl (C=O) groups excluding carboxylic acids is 2. The fraction of sp³-hybridized carbons (Fsp3) is 0.259. The van der Waals surface area contributed by atoms with Crippen LogP contribution in [0.5, 0.6) is 0 Å². The maximum absolute atomic E-state index is 14.0. The van der Waals surface area contributed by atoms with Crippen molar-refractivity contribution in [3.63, 3.8) is 0 Å². The van der Waals surface area contributed by atoms with Gasteiger partial charge in [0.05, 0.1) is 17.5 Å². The van der Waals surface area contributed by atoms with E-state index in [-0.39, 0.29) is 29.6 Å². The first kappa shape index (κ1) is 17.6. The van der Waals surface area contributed by atoms with E-state index < -0.39 is 5.41 Å². The molecule has 1 aliphatic heterocycles. The number of rotatable bonds is 2. The third kappa shape index (κ3) is 1.86. The molecule has 1 heterocycles. The monoisotopic (exact) mass is 393 g/mol. The van der Waals surface area contributed by atoms with Crippen molar-refractivity contribution in [3.05, 3.63) is 101 Å². The lowest BCUT2D eigenvalue weighted by Gasteiger charge is -2.54. The predicted octanol–water partition coefficient (Wildman–Crippen LogP) is 4.96. The summed E-state index contributed by atoms with van der Waals surface area (Å²) in [4.78, 5) is 29.3. The Morgan fingerprint density at radius 3 is 1.97 bits per heavy atom. The van der Waals surface area contributed by atoms with Gasteiger partial charge in [-0.3, -0.25) is 9.59 Å². The van der Waals surface area contributed by atoms with Gasteiger partial charge in [0.2, 0.25) is 11.8 Å². The van der Waals surface area contributed by atoms with Crippen LogP contribution in [0.3, 0.4) is 0 Å². The second kappa shape index (κ2) is 5.91. The van der Waals surface area contributed by atoms with Crippen LogP contribution in [-0.2, 0) is 15.0 Å². The first-order valence-corrected chi connectivity index (χ1v) is 10.7. The van der Waals surface area contributed by atoms with Gasteiger partial charge in [0, 0.05) is 11.3 Å². The zero-order valence-electron chi connectivity index (χ0n) is 17.1. The van der Waals surface area contributed by atoms with Crippen molar-refractivity contribution in [1.29, 1.82) is 0 Å². The molecule has 0 unspecified atom stereocenters. The number of nitrogens with zero attached hydrogens (tertiary/aromatic N) is 1. The van der Waals surface area contributed by atoms with Crippen molar-refractivity contribution in [3.8, 4) is 0 Å². The minimum atomic E-state index is -0.462. The normalized spacial score (nSPS) is 28.3. The number of imide groups is 1. The highest BCUT2D eigenvalue weighted by atomic mass is 16.2. The second-order valence-electron chi connectivity index (χ2n) is 8.78. The van der Waals surface area contributed by atoms with Crippen LogP contribution in [0, 0.1) is 18.8 Å². The molecule has 30 heavy (non-hydrogen) atoms. The molecule has 3 nitrogen and oxygen atoms in total. The van der Waals surface area contributed by atoms with Gasteiger partial charge in [-0.05, 0) is 47.2 Å². The molecular weight excluding hydrogens is 370 g/mol. The van der Waals surface area contributed by atoms with Crippen LogP contribution < -0.4 is 4.90 Å². The molecule has 148 valence electrons. The molecule has 4 aliphatic rings. The molecule has 7 rings (SSSR count). The SMILES string of the molecule is CCC12c3ccccc3C(c3ccccc31)[C@@H]1C(=O)N(c3ccccc3C)C(=O)[C@@H]12. The molecule has 3 aromatic rings. The smallest absolute Gasteiger partial charge is 0.238 e. The summed E-state index contributed by atoms with van der Waals surface area (Å²) < 4.78 is 0. The molecular formula is C27H23NO2. The average Bonchev–Trinajstić information content (AvgIpc) is 3.05. The highest BCUT2D eigenvalue weighted by molar-refractivity contribution is 6.24. The molecule has 0 aromatic heterocycles. The maximum Gasteiger partial charge on any atom is 0.238 e. The number of para-hydroxylation sites is 1. The number of anilines is 1. The van der Waals surface area contributed by atoms with Crippen LogP contribution in [0.15, 0.2) is 72.8 Å². The van der Waals surface area contributed by atoms with Crippen LogP contribution in [-0.4, -0.2) is 11.8 Å². The molecule has 0 spiro atoms. The van der Waals surface area contributed by atoms with Gasteiger partial charge in [-0.15, -0.1) is 0 Å². The van der Waals surface area contributed by atoms with E-state index >= 15 is 0 Å².